The molecule has 0 rings (SSSR count). The lowest BCUT2D eigenvalue weighted by molar-refractivity contribution is 0.792. The van der Waals surface area contributed by atoms with Crippen LogP contribution in [0.1, 0.15) is 47.0 Å². The van der Waals surface area contributed by atoms with Crippen LogP contribution in [-0.4, -0.2) is 0 Å². The second-order valence-corrected chi connectivity index (χ2v) is 3.82. The Kier molecular flexibility index (Phi) is 6.30. The molecule has 0 heterocycles. The fourth-order valence-corrected chi connectivity index (χ4v) is 1.07. The standard InChI is InChI=1S/C13H22/c1-6-7-8-13(12(4)5)10-9-11(2)3/h9-10H,4,6-8H2,1-3,5H3/b13-10-. The summed E-state index contributed by atoms with van der Waals surface area (Å²) in [4.78, 5) is 0. The second kappa shape index (κ2) is 6.71. The van der Waals surface area contributed by atoms with E-state index in [2.05, 4.69) is 46.4 Å². The Morgan fingerprint density at radius 1 is 1.15 bits per heavy atom. The van der Waals surface area contributed by atoms with E-state index < -0.39 is 0 Å². The summed E-state index contributed by atoms with van der Waals surface area (Å²) in [5.74, 6) is 0. The van der Waals surface area contributed by atoms with E-state index >= 15 is 0 Å². The molecular weight excluding hydrogens is 156 g/mol. The molecule has 74 valence electrons. The van der Waals surface area contributed by atoms with Crippen LogP contribution in [0.25, 0.3) is 0 Å². The summed E-state index contributed by atoms with van der Waals surface area (Å²) < 4.78 is 0. The molecule has 0 amide bonds. The fourth-order valence-electron chi connectivity index (χ4n) is 1.07. The van der Waals surface area contributed by atoms with Gasteiger partial charge >= 0.3 is 0 Å². The van der Waals surface area contributed by atoms with E-state index in [9.17, 15) is 0 Å². The van der Waals surface area contributed by atoms with Gasteiger partial charge < -0.3 is 0 Å². The molecule has 0 aliphatic rings. The molecule has 0 aromatic carbocycles. The van der Waals surface area contributed by atoms with Crippen molar-refractivity contribution < 1.29 is 0 Å². The van der Waals surface area contributed by atoms with Crippen molar-refractivity contribution in [2.75, 3.05) is 0 Å². The van der Waals surface area contributed by atoms with Crippen molar-refractivity contribution in [1.82, 2.24) is 0 Å². The quantitative estimate of drug-likeness (QED) is 0.538. The Morgan fingerprint density at radius 2 is 1.77 bits per heavy atom. The average molecular weight is 178 g/mol. The first kappa shape index (κ1) is 12.2. The van der Waals surface area contributed by atoms with Crippen LogP contribution in [0, 0.1) is 0 Å². The van der Waals surface area contributed by atoms with Gasteiger partial charge in [-0.15, -0.1) is 0 Å². The molecule has 0 fully saturated rings. The lowest BCUT2D eigenvalue weighted by Crippen LogP contribution is -1.84. The average Bonchev–Trinajstić information content (AvgIpc) is 2.03. The summed E-state index contributed by atoms with van der Waals surface area (Å²) in [6.07, 6.45) is 8.04. The van der Waals surface area contributed by atoms with Crippen molar-refractivity contribution in [3.8, 4) is 0 Å². The first-order chi connectivity index (χ1) is 6.07. The maximum absolute atomic E-state index is 3.99. The van der Waals surface area contributed by atoms with Crippen LogP contribution in [0.3, 0.4) is 0 Å². The molecule has 0 bridgehead atoms. The Bertz CT molecular complexity index is 212. The molecule has 0 atom stereocenters. The van der Waals surface area contributed by atoms with Crippen LogP contribution in [0.2, 0.25) is 0 Å². The van der Waals surface area contributed by atoms with Gasteiger partial charge in [0.05, 0.1) is 0 Å². The smallest absolute Gasteiger partial charge is 0.0277 e. The second-order valence-electron chi connectivity index (χ2n) is 3.82. The van der Waals surface area contributed by atoms with E-state index in [1.807, 2.05) is 0 Å². The Balaban J connectivity index is 4.33. The van der Waals surface area contributed by atoms with Crippen LogP contribution in [0.15, 0.2) is 35.5 Å². The molecule has 0 aromatic rings. The SMILES string of the molecule is C=C(C)/C(=C\C=C(C)C)CCCC. The Morgan fingerprint density at radius 3 is 2.15 bits per heavy atom. The summed E-state index contributed by atoms with van der Waals surface area (Å²) in [5, 5.41) is 0. The molecule has 0 spiro atoms. The molecule has 0 aromatic heterocycles. The molecule has 0 saturated carbocycles. The van der Waals surface area contributed by atoms with Crippen LogP contribution in [0.5, 0.6) is 0 Å². The van der Waals surface area contributed by atoms with E-state index in [0.29, 0.717) is 0 Å². The highest BCUT2D eigenvalue weighted by molar-refractivity contribution is 5.30. The van der Waals surface area contributed by atoms with Crippen LogP contribution < -0.4 is 0 Å². The predicted molar refractivity (Wildman–Crippen MR) is 61.9 cm³/mol. The summed E-state index contributed by atoms with van der Waals surface area (Å²) >= 11 is 0. The van der Waals surface area contributed by atoms with Gasteiger partial charge in [0, 0.05) is 0 Å². The topological polar surface area (TPSA) is 0 Å². The zero-order valence-corrected chi connectivity index (χ0v) is 9.48. The minimum absolute atomic E-state index is 1.16. The Hall–Kier alpha value is -0.780. The lowest BCUT2D eigenvalue weighted by atomic mass is 10.0. The van der Waals surface area contributed by atoms with Crippen LogP contribution >= 0.6 is 0 Å². The number of allylic oxidation sites excluding steroid dienone is 5. The summed E-state index contributed by atoms with van der Waals surface area (Å²) in [6, 6.07) is 0. The maximum Gasteiger partial charge on any atom is -0.0277 e. The van der Waals surface area contributed by atoms with E-state index in [1.165, 1.54) is 29.6 Å². The van der Waals surface area contributed by atoms with Gasteiger partial charge in [0.25, 0.3) is 0 Å². The third-order valence-electron chi connectivity index (χ3n) is 1.97. The third-order valence-corrected chi connectivity index (χ3v) is 1.97. The first-order valence-electron chi connectivity index (χ1n) is 5.07. The van der Waals surface area contributed by atoms with Gasteiger partial charge in [-0.25, -0.2) is 0 Å². The molecule has 0 nitrogen and oxygen atoms in total. The van der Waals surface area contributed by atoms with Gasteiger partial charge in [-0.2, -0.15) is 0 Å². The molecule has 0 radical (unpaired) electrons. The normalized spacial score (nSPS) is 11.2. The number of unbranched alkanes of at least 4 members (excludes halogenated alkanes) is 1. The highest BCUT2D eigenvalue weighted by atomic mass is 14.0. The largest absolute Gasteiger partial charge is 0.0958 e. The van der Waals surface area contributed by atoms with Crippen molar-refractivity contribution in [3.63, 3.8) is 0 Å². The summed E-state index contributed by atoms with van der Waals surface area (Å²) in [6.45, 7) is 12.5. The zero-order chi connectivity index (χ0) is 10.3. The van der Waals surface area contributed by atoms with E-state index in [1.54, 1.807) is 0 Å². The van der Waals surface area contributed by atoms with Crippen molar-refractivity contribution in [3.05, 3.63) is 35.5 Å². The van der Waals surface area contributed by atoms with Gasteiger partial charge in [0.15, 0.2) is 0 Å². The van der Waals surface area contributed by atoms with Gasteiger partial charge in [-0.1, -0.05) is 43.2 Å². The third kappa shape index (κ3) is 6.39. The number of hydrogen-bond donors (Lipinski definition) is 0. The molecule has 0 heteroatoms. The first-order valence-corrected chi connectivity index (χ1v) is 5.07. The molecular formula is C13H22. The van der Waals surface area contributed by atoms with Crippen LogP contribution in [-0.2, 0) is 0 Å². The number of rotatable bonds is 5. The number of hydrogen-bond acceptors (Lipinski definition) is 0. The van der Waals surface area contributed by atoms with Gasteiger partial charge in [0.2, 0.25) is 0 Å². The van der Waals surface area contributed by atoms with Crippen molar-refractivity contribution in [1.29, 1.82) is 0 Å². The minimum Gasteiger partial charge on any atom is -0.0958 e. The van der Waals surface area contributed by atoms with Gasteiger partial charge in [0.1, 0.15) is 0 Å². The predicted octanol–water partition coefficient (Wildman–Crippen LogP) is 4.65. The zero-order valence-electron chi connectivity index (χ0n) is 9.48. The van der Waals surface area contributed by atoms with Crippen LogP contribution in [0.4, 0.5) is 0 Å². The Labute approximate surface area is 83.0 Å². The van der Waals surface area contributed by atoms with Gasteiger partial charge in [-0.3, -0.25) is 0 Å². The highest BCUT2D eigenvalue weighted by Gasteiger charge is 1.95. The molecule has 0 aliphatic heterocycles. The van der Waals surface area contributed by atoms with Crippen molar-refractivity contribution >= 4 is 0 Å². The monoisotopic (exact) mass is 178 g/mol. The van der Waals surface area contributed by atoms with E-state index in [0.717, 1.165) is 6.42 Å². The molecule has 0 unspecified atom stereocenters. The minimum atomic E-state index is 1.16. The molecule has 13 heavy (non-hydrogen) atoms. The summed E-state index contributed by atoms with van der Waals surface area (Å²) in [7, 11) is 0. The maximum atomic E-state index is 3.99. The molecule has 0 N–H and O–H groups in total. The van der Waals surface area contributed by atoms with Crippen molar-refractivity contribution in [2.45, 2.75) is 47.0 Å². The molecule has 0 saturated heterocycles. The van der Waals surface area contributed by atoms with Gasteiger partial charge in [-0.05, 0) is 39.2 Å². The van der Waals surface area contributed by atoms with E-state index in [4.69, 9.17) is 0 Å². The molecule has 0 aliphatic carbocycles. The van der Waals surface area contributed by atoms with E-state index in [-0.39, 0.29) is 0 Å². The highest BCUT2D eigenvalue weighted by Crippen LogP contribution is 2.15. The lowest BCUT2D eigenvalue weighted by Gasteiger charge is -2.04. The fraction of sp³-hybridized carbons (Fsp3) is 0.538. The summed E-state index contributed by atoms with van der Waals surface area (Å²) in [5.41, 5.74) is 3.93. The van der Waals surface area contributed by atoms with Crippen molar-refractivity contribution in [2.24, 2.45) is 0 Å².